The number of carbonyl (C=O) groups excluding carboxylic acids is 2. The van der Waals surface area contributed by atoms with Crippen LogP contribution in [-0.2, 0) is 11.8 Å². The van der Waals surface area contributed by atoms with Gasteiger partial charge in [-0.05, 0) is 31.2 Å². The maximum atomic E-state index is 13.1. The van der Waals surface area contributed by atoms with Crippen LogP contribution < -0.4 is 14.8 Å². The highest BCUT2D eigenvalue weighted by Gasteiger charge is 2.22. The Bertz CT molecular complexity index is 1080. The molecule has 0 aliphatic carbocycles. The summed E-state index contributed by atoms with van der Waals surface area (Å²) in [5, 5.41) is 10.8. The van der Waals surface area contributed by atoms with Crippen LogP contribution in [0.4, 0.5) is 5.69 Å². The largest absolute Gasteiger partial charge is 0.486 e. The zero-order chi connectivity index (χ0) is 20.4. The summed E-state index contributed by atoms with van der Waals surface area (Å²) in [5.74, 6) is 0.693. The lowest BCUT2D eigenvalue weighted by Crippen LogP contribution is -2.38. The number of nitrogens with zero attached hydrogens (tertiary/aromatic N) is 4. The summed E-state index contributed by atoms with van der Waals surface area (Å²) in [6.45, 7) is 3.11. The van der Waals surface area contributed by atoms with Crippen molar-refractivity contribution in [3.05, 3.63) is 42.0 Å². The molecule has 0 saturated carbocycles. The second-order valence-electron chi connectivity index (χ2n) is 6.61. The number of fused-ring (bicyclic) bond motifs is 2. The summed E-state index contributed by atoms with van der Waals surface area (Å²) in [7, 11) is 1.73. The number of rotatable bonds is 5. The van der Waals surface area contributed by atoms with Crippen LogP contribution in [-0.4, -0.2) is 58.0 Å². The van der Waals surface area contributed by atoms with Crippen molar-refractivity contribution in [2.24, 2.45) is 7.05 Å². The number of hydrogen-bond donors (Lipinski definition) is 1. The van der Waals surface area contributed by atoms with Crippen LogP contribution in [0.15, 0.2) is 36.4 Å². The highest BCUT2D eigenvalue weighted by molar-refractivity contribution is 6.06. The van der Waals surface area contributed by atoms with Crippen molar-refractivity contribution in [1.29, 1.82) is 0 Å². The average Bonchev–Trinajstić information content (AvgIpc) is 3.12. The van der Waals surface area contributed by atoms with E-state index in [0.717, 1.165) is 0 Å². The number of hydrogen-bond acceptors (Lipinski definition) is 6. The van der Waals surface area contributed by atoms with E-state index in [1.54, 1.807) is 48.1 Å². The van der Waals surface area contributed by atoms with Crippen LogP contribution in [0.2, 0.25) is 0 Å². The molecule has 1 aromatic heterocycles. The molecule has 1 aliphatic rings. The molecule has 150 valence electrons. The van der Waals surface area contributed by atoms with Gasteiger partial charge in [0.1, 0.15) is 30.8 Å². The number of likely N-dealkylation sites (N-methyl/N-ethyl adjacent to an activating group) is 1. The fraction of sp³-hybridized carbons (Fsp3) is 0.300. The Labute approximate surface area is 167 Å². The molecule has 0 fully saturated rings. The van der Waals surface area contributed by atoms with Gasteiger partial charge in [0.05, 0.1) is 5.56 Å². The van der Waals surface area contributed by atoms with Crippen molar-refractivity contribution < 1.29 is 19.1 Å². The molecule has 9 heteroatoms. The van der Waals surface area contributed by atoms with Gasteiger partial charge in [0.2, 0.25) is 5.91 Å². The van der Waals surface area contributed by atoms with Crippen LogP contribution in [0.5, 0.6) is 11.5 Å². The first-order chi connectivity index (χ1) is 14.1. The Balaban J connectivity index is 1.49. The molecule has 0 radical (unpaired) electrons. The molecule has 3 aromatic rings. The van der Waals surface area contributed by atoms with E-state index in [2.05, 4.69) is 15.6 Å². The minimum Gasteiger partial charge on any atom is -0.486 e. The van der Waals surface area contributed by atoms with Crippen molar-refractivity contribution in [1.82, 2.24) is 19.9 Å². The molecule has 2 amide bonds. The van der Waals surface area contributed by atoms with Gasteiger partial charge in [-0.25, -0.2) is 4.68 Å². The fourth-order valence-electron chi connectivity index (χ4n) is 3.28. The molecular weight excluding hydrogens is 374 g/mol. The van der Waals surface area contributed by atoms with Crippen LogP contribution in [0.3, 0.4) is 0 Å². The molecule has 1 N–H and O–H groups in total. The van der Waals surface area contributed by atoms with Crippen molar-refractivity contribution >= 4 is 28.5 Å². The van der Waals surface area contributed by atoms with Crippen LogP contribution in [0, 0.1) is 0 Å². The summed E-state index contributed by atoms with van der Waals surface area (Å²) in [6.07, 6.45) is 0. The Hall–Kier alpha value is -3.62. The number of para-hydroxylation sites is 1. The van der Waals surface area contributed by atoms with Crippen molar-refractivity contribution in [2.75, 3.05) is 31.6 Å². The second kappa shape index (κ2) is 7.78. The van der Waals surface area contributed by atoms with Gasteiger partial charge < -0.3 is 19.7 Å². The number of carbonyl (C=O) groups is 2. The fourth-order valence-corrected chi connectivity index (χ4v) is 3.28. The third kappa shape index (κ3) is 3.71. The second-order valence-corrected chi connectivity index (χ2v) is 6.61. The third-order valence-corrected chi connectivity index (χ3v) is 4.68. The zero-order valence-electron chi connectivity index (χ0n) is 16.2. The molecule has 1 aliphatic heterocycles. The monoisotopic (exact) mass is 395 g/mol. The number of nitrogens with one attached hydrogen (secondary N) is 1. The van der Waals surface area contributed by atoms with Gasteiger partial charge in [0, 0.05) is 25.3 Å². The van der Waals surface area contributed by atoms with Gasteiger partial charge >= 0.3 is 0 Å². The first-order valence-corrected chi connectivity index (χ1v) is 9.34. The summed E-state index contributed by atoms with van der Waals surface area (Å²) in [5.41, 5.74) is 2.32. The first-order valence-electron chi connectivity index (χ1n) is 9.34. The Kier molecular flexibility index (Phi) is 5.03. The maximum Gasteiger partial charge on any atom is 0.256 e. The highest BCUT2D eigenvalue weighted by Crippen LogP contribution is 2.32. The molecule has 0 bridgehead atoms. The smallest absolute Gasteiger partial charge is 0.256 e. The number of amides is 2. The molecule has 9 nitrogen and oxygen atoms in total. The third-order valence-electron chi connectivity index (χ3n) is 4.68. The molecule has 0 atom stereocenters. The lowest BCUT2D eigenvalue weighted by Gasteiger charge is -2.22. The standard InChI is InChI=1S/C20H21N5O4/c1-3-25(20(27)14-5-4-6-15-19(14)24(2)23-22-15)12-18(26)21-13-7-8-16-17(11-13)29-10-9-28-16/h4-8,11H,3,9-10,12H2,1-2H3,(H,21,26). The Morgan fingerprint density at radius 1 is 1.17 bits per heavy atom. The molecule has 0 spiro atoms. The predicted octanol–water partition coefficient (Wildman–Crippen LogP) is 1.84. The zero-order valence-corrected chi connectivity index (χ0v) is 16.2. The molecule has 2 heterocycles. The van der Waals surface area contributed by atoms with Gasteiger partial charge in [-0.15, -0.1) is 5.10 Å². The number of aryl methyl sites for hydroxylation is 1. The molecule has 0 saturated heterocycles. The Morgan fingerprint density at radius 3 is 2.76 bits per heavy atom. The highest BCUT2D eigenvalue weighted by atomic mass is 16.6. The number of ether oxygens (including phenoxy) is 2. The lowest BCUT2D eigenvalue weighted by atomic mass is 10.1. The van der Waals surface area contributed by atoms with Crippen molar-refractivity contribution in [3.8, 4) is 11.5 Å². The number of benzene rings is 2. The first kappa shape index (κ1) is 18.7. The van der Waals surface area contributed by atoms with Crippen LogP contribution >= 0.6 is 0 Å². The normalized spacial score (nSPS) is 12.6. The SMILES string of the molecule is CCN(CC(=O)Nc1ccc2c(c1)OCCO2)C(=O)c1cccc2nnn(C)c12. The van der Waals surface area contributed by atoms with E-state index in [1.807, 2.05) is 6.92 Å². The van der Waals surface area contributed by atoms with Crippen LogP contribution in [0.25, 0.3) is 11.0 Å². The lowest BCUT2D eigenvalue weighted by molar-refractivity contribution is -0.116. The molecule has 0 unspecified atom stereocenters. The molecule has 29 heavy (non-hydrogen) atoms. The van der Waals surface area contributed by atoms with E-state index < -0.39 is 0 Å². The van der Waals surface area contributed by atoms with Crippen LogP contribution in [0.1, 0.15) is 17.3 Å². The van der Waals surface area contributed by atoms with E-state index >= 15 is 0 Å². The van der Waals surface area contributed by atoms with Gasteiger partial charge in [-0.3, -0.25) is 9.59 Å². The minimum atomic E-state index is -0.299. The molecule has 2 aromatic carbocycles. The van der Waals surface area contributed by atoms with Crippen molar-refractivity contribution in [3.63, 3.8) is 0 Å². The summed E-state index contributed by atoms with van der Waals surface area (Å²) in [4.78, 5) is 27.1. The van der Waals surface area contributed by atoms with E-state index in [0.29, 0.717) is 53.5 Å². The number of anilines is 1. The number of aromatic nitrogens is 3. The summed E-state index contributed by atoms with van der Waals surface area (Å²) < 4.78 is 12.6. The quantitative estimate of drug-likeness (QED) is 0.708. The van der Waals surface area contributed by atoms with Gasteiger partial charge in [-0.2, -0.15) is 0 Å². The van der Waals surface area contributed by atoms with E-state index in [4.69, 9.17) is 9.47 Å². The predicted molar refractivity (Wildman–Crippen MR) is 106 cm³/mol. The minimum absolute atomic E-state index is 0.0779. The Morgan fingerprint density at radius 2 is 1.97 bits per heavy atom. The van der Waals surface area contributed by atoms with E-state index in [-0.39, 0.29) is 18.4 Å². The van der Waals surface area contributed by atoms with Gasteiger partial charge in [-0.1, -0.05) is 11.3 Å². The maximum absolute atomic E-state index is 13.1. The van der Waals surface area contributed by atoms with E-state index in [9.17, 15) is 9.59 Å². The van der Waals surface area contributed by atoms with Gasteiger partial charge in [0.15, 0.2) is 11.5 Å². The molecule has 4 rings (SSSR count). The topological polar surface area (TPSA) is 98.6 Å². The average molecular weight is 395 g/mol. The summed E-state index contributed by atoms with van der Waals surface area (Å²) >= 11 is 0. The van der Waals surface area contributed by atoms with Crippen molar-refractivity contribution in [2.45, 2.75) is 6.92 Å². The van der Waals surface area contributed by atoms with E-state index in [1.165, 1.54) is 4.90 Å². The summed E-state index contributed by atoms with van der Waals surface area (Å²) in [6, 6.07) is 10.5. The molecular formula is C20H21N5O4. The van der Waals surface area contributed by atoms with Gasteiger partial charge in [0.25, 0.3) is 5.91 Å².